The van der Waals surface area contributed by atoms with Gasteiger partial charge in [-0.2, -0.15) is 0 Å². The molecule has 0 unspecified atom stereocenters. The summed E-state index contributed by atoms with van der Waals surface area (Å²) in [4.78, 5) is 47.0. The first-order chi connectivity index (χ1) is 20.4. The lowest BCUT2D eigenvalue weighted by Gasteiger charge is -2.25. The largest absolute Gasteiger partial charge is 0.497 e. The fourth-order valence-corrected chi connectivity index (χ4v) is 4.81. The molecule has 0 spiro atoms. The highest BCUT2D eigenvalue weighted by Crippen LogP contribution is 2.30. The smallest absolute Gasteiger partial charge is 0.321 e. The molecule has 9 nitrogen and oxygen atoms in total. The average Bonchev–Trinajstić information content (AvgIpc) is 3.12. The van der Waals surface area contributed by atoms with Gasteiger partial charge in [0.1, 0.15) is 11.5 Å². The maximum Gasteiger partial charge on any atom is 0.321 e. The lowest BCUT2D eigenvalue weighted by Crippen LogP contribution is -2.50. The maximum absolute atomic E-state index is 14.1. The van der Waals surface area contributed by atoms with Crippen molar-refractivity contribution >= 4 is 34.8 Å². The number of methoxy groups -OCH3 is 2. The third-order valence-corrected chi connectivity index (χ3v) is 6.93. The van der Waals surface area contributed by atoms with Gasteiger partial charge in [0, 0.05) is 22.8 Å². The highest BCUT2D eigenvalue weighted by molar-refractivity contribution is 6.21. The summed E-state index contributed by atoms with van der Waals surface area (Å²) in [6.45, 7) is 1.62. The summed E-state index contributed by atoms with van der Waals surface area (Å²) in [5.74, 6) is 0.154. The van der Waals surface area contributed by atoms with Crippen molar-refractivity contribution in [2.75, 3.05) is 31.0 Å². The fourth-order valence-electron chi connectivity index (χ4n) is 4.81. The van der Waals surface area contributed by atoms with E-state index in [1.165, 1.54) is 19.1 Å². The molecular formula is C33H30N4O5. The quantitative estimate of drug-likeness (QED) is 0.286. The zero-order chi connectivity index (χ0) is 29.6. The summed E-state index contributed by atoms with van der Waals surface area (Å²) in [5, 5.41) is 5.43. The summed E-state index contributed by atoms with van der Waals surface area (Å²) in [7, 11) is 3.01. The van der Waals surface area contributed by atoms with Crippen LogP contribution in [0.1, 0.15) is 27.0 Å². The van der Waals surface area contributed by atoms with Crippen molar-refractivity contribution in [1.29, 1.82) is 0 Å². The Morgan fingerprint density at radius 3 is 2.33 bits per heavy atom. The minimum absolute atomic E-state index is 0.231. The van der Waals surface area contributed by atoms with Crippen LogP contribution in [-0.4, -0.2) is 50.4 Å². The van der Waals surface area contributed by atoms with Crippen LogP contribution in [0.5, 0.6) is 11.5 Å². The van der Waals surface area contributed by atoms with Gasteiger partial charge in [-0.25, -0.2) is 9.79 Å². The third kappa shape index (κ3) is 5.85. The summed E-state index contributed by atoms with van der Waals surface area (Å²) in [6, 6.07) is 28.2. The van der Waals surface area contributed by atoms with Crippen molar-refractivity contribution in [3.63, 3.8) is 0 Å². The number of amides is 3. The first-order valence-electron chi connectivity index (χ1n) is 13.3. The van der Waals surface area contributed by atoms with E-state index in [1.54, 1.807) is 42.5 Å². The molecule has 5 rings (SSSR count). The molecule has 1 aliphatic heterocycles. The van der Waals surface area contributed by atoms with Crippen LogP contribution in [0.15, 0.2) is 102 Å². The third-order valence-electron chi connectivity index (χ3n) is 6.93. The lowest BCUT2D eigenvalue weighted by atomic mass is 9.99. The lowest BCUT2D eigenvalue weighted by molar-refractivity contribution is -0.120. The summed E-state index contributed by atoms with van der Waals surface area (Å²) < 4.78 is 10.6. The number of urea groups is 1. The number of aliphatic imine (C=N–C) groups is 1. The number of benzodiazepines with no additional fused rings is 1. The second kappa shape index (κ2) is 12.4. The zero-order valence-corrected chi connectivity index (χ0v) is 23.5. The van der Waals surface area contributed by atoms with Crippen LogP contribution in [0.4, 0.5) is 16.2 Å². The van der Waals surface area contributed by atoms with Crippen molar-refractivity contribution in [3.8, 4) is 11.5 Å². The van der Waals surface area contributed by atoms with E-state index < -0.39 is 18.1 Å². The molecule has 4 aromatic rings. The minimum Gasteiger partial charge on any atom is -0.497 e. The number of carbonyl (C=O) groups excluding carboxylic acids is 3. The number of nitrogens with zero attached hydrogens (tertiary/aromatic N) is 2. The van der Waals surface area contributed by atoms with E-state index in [0.29, 0.717) is 39.7 Å². The Balaban J connectivity index is 1.53. The molecule has 212 valence electrons. The van der Waals surface area contributed by atoms with Gasteiger partial charge in [0.2, 0.25) is 6.17 Å². The Kier molecular flexibility index (Phi) is 8.29. The topological polar surface area (TPSA) is 109 Å². The minimum atomic E-state index is -1.33. The van der Waals surface area contributed by atoms with Gasteiger partial charge in [0.25, 0.3) is 5.91 Å². The molecule has 2 N–H and O–H groups in total. The Hall–Kier alpha value is -5.44. The Morgan fingerprint density at radius 2 is 1.60 bits per heavy atom. The number of rotatable bonds is 8. The van der Waals surface area contributed by atoms with Gasteiger partial charge in [-0.3, -0.25) is 9.59 Å². The fraction of sp³-hybridized carbons (Fsp3) is 0.152. The summed E-state index contributed by atoms with van der Waals surface area (Å²) in [5.41, 5.74) is 4.15. The van der Waals surface area contributed by atoms with Gasteiger partial charge in [0.15, 0.2) is 5.78 Å². The number of carbonyl (C=O) groups is 3. The molecule has 0 radical (unpaired) electrons. The SMILES string of the molecule is COc1ccc(NC(=O)N[C@@H]2N=C(c3ccccc3)c3ccccc3N(CC(=O)c3ccccc3C)C2=O)c(OC)c1. The van der Waals surface area contributed by atoms with Crippen LogP contribution >= 0.6 is 0 Å². The predicted molar refractivity (Wildman–Crippen MR) is 162 cm³/mol. The second-order valence-corrected chi connectivity index (χ2v) is 9.59. The number of Topliss-reactive ketones (excluding diaryl/α,β-unsaturated/α-hetero) is 1. The number of nitrogens with one attached hydrogen (secondary N) is 2. The van der Waals surface area contributed by atoms with Crippen LogP contribution in [0, 0.1) is 6.92 Å². The van der Waals surface area contributed by atoms with Crippen LogP contribution in [0.25, 0.3) is 0 Å². The number of para-hydroxylation sites is 1. The molecule has 0 saturated heterocycles. The number of ether oxygens (including phenoxy) is 2. The van der Waals surface area contributed by atoms with Crippen molar-refractivity contribution in [1.82, 2.24) is 5.32 Å². The molecule has 1 atom stereocenters. The number of anilines is 2. The van der Waals surface area contributed by atoms with Crippen LogP contribution in [0.2, 0.25) is 0 Å². The van der Waals surface area contributed by atoms with Crippen LogP contribution < -0.4 is 25.0 Å². The normalized spacial score (nSPS) is 14.3. The molecule has 1 heterocycles. The Labute approximate surface area is 243 Å². The van der Waals surface area contributed by atoms with Crippen molar-refractivity contribution in [3.05, 3.63) is 119 Å². The molecular weight excluding hydrogens is 532 g/mol. The van der Waals surface area contributed by atoms with Crippen LogP contribution in [0.3, 0.4) is 0 Å². The van der Waals surface area contributed by atoms with Gasteiger partial charge in [-0.15, -0.1) is 0 Å². The van der Waals surface area contributed by atoms with Crippen molar-refractivity contribution < 1.29 is 23.9 Å². The van der Waals surface area contributed by atoms with E-state index >= 15 is 0 Å². The summed E-state index contributed by atoms with van der Waals surface area (Å²) in [6.07, 6.45) is -1.33. The number of hydrogen-bond acceptors (Lipinski definition) is 6. The van der Waals surface area contributed by atoms with Gasteiger partial charge < -0.3 is 25.0 Å². The van der Waals surface area contributed by atoms with Gasteiger partial charge in [-0.05, 0) is 30.7 Å². The van der Waals surface area contributed by atoms with Crippen molar-refractivity contribution in [2.24, 2.45) is 4.99 Å². The molecule has 0 saturated carbocycles. The number of hydrogen-bond donors (Lipinski definition) is 2. The van der Waals surface area contributed by atoms with Crippen molar-refractivity contribution in [2.45, 2.75) is 13.1 Å². The number of aryl methyl sites for hydroxylation is 1. The highest BCUT2D eigenvalue weighted by atomic mass is 16.5. The van der Waals surface area contributed by atoms with Gasteiger partial charge in [-0.1, -0.05) is 72.8 Å². The molecule has 42 heavy (non-hydrogen) atoms. The second-order valence-electron chi connectivity index (χ2n) is 9.59. The first-order valence-corrected chi connectivity index (χ1v) is 13.3. The molecule has 4 aromatic carbocycles. The standard InChI is InChI=1S/C33H30N4O5/c1-21-11-7-8-14-24(21)28(38)20-37-27-16-10-9-15-25(27)30(22-12-5-4-6-13-22)35-31(32(37)39)36-33(40)34-26-18-17-23(41-2)19-29(26)42-3/h4-19,31H,20H2,1-3H3,(H2,34,36,40)/t31-/m0/s1. The molecule has 0 aromatic heterocycles. The molecule has 9 heteroatoms. The molecule has 0 aliphatic carbocycles. The van der Waals surface area contributed by atoms with E-state index in [2.05, 4.69) is 10.6 Å². The monoisotopic (exact) mass is 562 g/mol. The van der Waals surface area contributed by atoms with Gasteiger partial charge >= 0.3 is 6.03 Å². The van der Waals surface area contributed by atoms with E-state index in [0.717, 1.165) is 11.1 Å². The average molecular weight is 563 g/mol. The first kappa shape index (κ1) is 28.1. The Morgan fingerprint density at radius 1 is 0.881 bits per heavy atom. The number of fused-ring (bicyclic) bond motifs is 1. The summed E-state index contributed by atoms with van der Waals surface area (Å²) >= 11 is 0. The van der Waals surface area contributed by atoms with E-state index in [4.69, 9.17) is 14.5 Å². The number of benzene rings is 4. The molecule has 3 amide bonds. The highest BCUT2D eigenvalue weighted by Gasteiger charge is 2.34. The maximum atomic E-state index is 14.1. The molecule has 1 aliphatic rings. The van der Waals surface area contributed by atoms with E-state index in [9.17, 15) is 14.4 Å². The number of ketones is 1. The van der Waals surface area contributed by atoms with E-state index in [-0.39, 0.29) is 12.3 Å². The Bertz CT molecular complexity index is 1670. The molecule has 0 fully saturated rings. The molecule has 0 bridgehead atoms. The predicted octanol–water partition coefficient (Wildman–Crippen LogP) is 5.23. The van der Waals surface area contributed by atoms with Gasteiger partial charge in [0.05, 0.1) is 37.9 Å². The zero-order valence-electron chi connectivity index (χ0n) is 23.5. The van der Waals surface area contributed by atoms with E-state index in [1.807, 2.05) is 61.5 Å². The van der Waals surface area contributed by atoms with Crippen LogP contribution in [-0.2, 0) is 4.79 Å².